The third-order valence-electron chi connectivity index (χ3n) is 4.02. The van der Waals surface area contributed by atoms with Crippen LogP contribution in [0.5, 0.6) is 5.75 Å². The van der Waals surface area contributed by atoms with Crippen LogP contribution < -0.4 is 10.1 Å². The SMILES string of the molecule is Cc1ccc(C(=O)NCCOc2cccc3ccccc23)c(C)c1. The van der Waals surface area contributed by atoms with Gasteiger partial charge in [-0.2, -0.15) is 0 Å². The van der Waals surface area contributed by atoms with Crippen molar-refractivity contribution in [2.45, 2.75) is 13.8 Å². The van der Waals surface area contributed by atoms with E-state index in [4.69, 9.17) is 4.74 Å². The zero-order valence-electron chi connectivity index (χ0n) is 14.0. The van der Waals surface area contributed by atoms with Gasteiger partial charge in [-0.15, -0.1) is 0 Å². The highest BCUT2D eigenvalue weighted by Gasteiger charge is 2.08. The number of hydrogen-bond acceptors (Lipinski definition) is 2. The van der Waals surface area contributed by atoms with Crippen molar-refractivity contribution in [3.8, 4) is 5.75 Å². The van der Waals surface area contributed by atoms with Crippen molar-refractivity contribution >= 4 is 16.7 Å². The molecule has 0 aliphatic carbocycles. The van der Waals surface area contributed by atoms with Crippen molar-refractivity contribution in [3.63, 3.8) is 0 Å². The Labute approximate surface area is 142 Å². The molecule has 0 bridgehead atoms. The number of benzene rings is 3. The maximum absolute atomic E-state index is 12.2. The van der Waals surface area contributed by atoms with Gasteiger partial charge in [0.15, 0.2) is 0 Å². The minimum atomic E-state index is -0.0611. The van der Waals surface area contributed by atoms with E-state index in [-0.39, 0.29) is 5.91 Å². The lowest BCUT2D eigenvalue weighted by Crippen LogP contribution is -2.28. The number of fused-ring (bicyclic) bond motifs is 1. The summed E-state index contributed by atoms with van der Waals surface area (Å²) >= 11 is 0. The lowest BCUT2D eigenvalue weighted by molar-refractivity contribution is 0.0946. The highest BCUT2D eigenvalue weighted by atomic mass is 16.5. The van der Waals surface area contributed by atoms with E-state index in [0.717, 1.165) is 27.6 Å². The van der Waals surface area contributed by atoms with Gasteiger partial charge < -0.3 is 10.1 Å². The number of carbonyl (C=O) groups excluding carboxylic acids is 1. The largest absolute Gasteiger partial charge is 0.491 e. The van der Waals surface area contributed by atoms with Crippen LogP contribution in [0, 0.1) is 13.8 Å². The molecule has 1 amide bonds. The number of hydrogen-bond donors (Lipinski definition) is 1. The Morgan fingerprint density at radius 3 is 2.62 bits per heavy atom. The molecule has 0 fully saturated rings. The molecule has 0 saturated heterocycles. The monoisotopic (exact) mass is 319 g/mol. The first-order chi connectivity index (χ1) is 11.6. The van der Waals surface area contributed by atoms with Crippen molar-refractivity contribution < 1.29 is 9.53 Å². The number of carbonyl (C=O) groups is 1. The second-order valence-corrected chi connectivity index (χ2v) is 5.90. The molecule has 0 aliphatic rings. The number of ether oxygens (including phenoxy) is 1. The summed E-state index contributed by atoms with van der Waals surface area (Å²) in [6.07, 6.45) is 0. The highest BCUT2D eigenvalue weighted by Crippen LogP contribution is 2.24. The van der Waals surface area contributed by atoms with Crippen LogP contribution in [0.25, 0.3) is 10.8 Å². The molecule has 0 radical (unpaired) electrons. The van der Waals surface area contributed by atoms with Gasteiger partial charge in [0.05, 0.1) is 6.54 Å². The van der Waals surface area contributed by atoms with E-state index < -0.39 is 0 Å². The van der Waals surface area contributed by atoms with E-state index in [9.17, 15) is 4.79 Å². The van der Waals surface area contributed by atoms with Crippen LogP contribution in [-0.4, -0.2) is 19.1 Å². The molecule has 3 heteroatoms. The summed E-state index contributed by atoms with van der Waals surface area (Å²) in [5.41, 5.74) is 2.86. The summed E-state index contributed by atoms with van der Waals surface area (Å²) in [4.78, 5) is 12.2. The van der Waals surface area contributed by atoms with Gasteiger partial charge in [-0.25, -0.2) is 0 Å². The summed E-state index contributed by atoms with van der Waals surface area (Å²) in [5, 5.41) is 5.15. The van der Waals surface area contributed by atoms with Crippen LogP contribution in [0.15, 0.2) is 60.7 Å². The van der Waals surface area contributed by atoms with Crippen LogP contribution in [-0.2, 0) is 0 Å². The van der Waals surface area contributed by atoms with Gasteiger partial charge in [-0.05, 0) is 36.9 Å². The van der Waals surface area contributed by atoms with Crippen LogP contribution in [0.2, 0.25) is 0 Å². The average molecular weight is 319 g/mol. The summed E-state index contributed by atoms with van der Waals surface area (Å²) in [5.74, 6) is 0.780. The summed E-state index contributed by atoms with van der Waals surface area (Å²) in [7, 11) is 0. The molecule has 3 aromatic rings. The van der Waals surface area contributed by atoms with Crippen molar-refractivity contribution in [1.29, 1.82) is 0 Å². The molecule has 3 rings (SSSR count). The Balaban J connectivity index is 1.58. The van der Waals surface area contributed by atoms with Gasteiger partial charge in [0.2, 0.25) is 0 Å². The van der Waals surface area contributed by atoms with E-state index in [1.807, 2.05) is 62.4 Å². The lowest BCUT2D eigenvalue weighted by atomic mass is 10.1. The van der Waals surface area contributed by atoms with E-state index in [1.165, 1.54) is 0 Å². The third-order valence-corrected chi connectivity index (χ3v) is 4.02. The van der Waals surface area contributed by atoms with Gasteiger partial charge in [-0.3, -0.25) is 4.79 Å². The van der Waals surface area contributed by atoms with Gasteiger partial charge in [0.25, 0.3) is 5.91 Å². The quantitative estimate of drug-likeness (QED) is 0.713. The van der Waals surface area contributed by atoms with E-state index in [0.29, 0.717) is 18.7 Å². The molecular weight excluding hydrogens is 298 g/mol. The molecule has 0 atom stereocenters. The van der Waals surface area contributed by atoms with E-state index in [1.54, 1.807) is 0 Å². The van der Waals surface area contributed by atoms with E-state index in [2.05, 4.69) is 17.4 Å². The second kappa shape index (κ2) is 7.18. The molecule has 24 heavy (non-hydrogen) atoms. The first-order valence-electron chi connectivity index (χ1n) is 8.11. The fraction of sp³-hybridized carbons (Fsp3) is 0.190. The van der Waals surface area contributed by atoms with Crippen molar-refractivity contribution in [2.75, 3.05) is 13.2 Å². The molecule has 0 heterocycles. The smallest absolute Gasteiger partial charge is 0.251 e. The molecular formula is C21H21NO2. The Bertz CT molecular complexity index is 865. The topological polar surface area (TPSA) is 38.3 Å². The third kappa shape index (κ3) is 3.57. The van der Waals surface area contributed by atoms with Crippen LogP contribution in [0.3, 0.4) is 0 Å². The molecule has 0 aliphatic heterocycles. The van der Waals surface area contributed by atoms with Gasteiger partial charge in [0.1, 0.15) is 12.4 Å². The Kier molecular flexibility index (Phi) is 4.80. The summed E-state index contributed by atoms with van der Waals surface area (Å²) < 4.78 is 5.84. The zero-order valence-corrected chi connectivity index (χ0v) is 14.0. The fourth-order valence-corrected chi connectivity index (χ4v) is 2.81. The van der Waals surface area contributed by atoms with Crippen LogP contribution >= 0.6 is 0 Å². The number of aryl methyl sites for hydroxylation is 2. The highest BCUT2D eigenvalue weighted by molar-refractivity contribution is 5.95. The molecule has 122 valence electrons. The number of amides is 1. The maximum atomic E-state index is 12.2. The Morgan fingerprint density at radius 2 is 1.79 bits per heavy atom. The molecule has 3 nitrogen and oxygen atoms in total. The summed E-state index contributed by atoms with van der Waals surface area (Å²) in [6.45, 7) is 4.88. The minimum Gasteiger partial charge on any atom is -0.491 e. The molecule has 1 N–H and O–H groups in total. The second-order valence-electron chi connectivity index (χ2n) is 5.90. The molecule has 0 unspecified atom stereocenters. The van der Waals surface area contributed by atoms with Crippen LogP contribution in [0.1, 0.15) is 21.5 Å². The predicted octanol–water partition coefficient (Wildman–Crippen LogP) is 4.27. The molecule has 0 saturated carbocycles. The fourth-order valence-electron chi connectivity index (χ4n) is 2.81. The molecule has 0 aromatic heterocycles. The van der Waals surface area contributed by atoms with Crippen molar-refractivity contribution in [1.82, 2.24) is 5.32 Å². The first kappa shape index (κ1) is 16.1. The zero-order chi connectivity index (χ0) is 16.9. The number of rotatable bonds is 5. The minimum absolute atomic E-state index is 0.0611. The lowest BCUT2D eigenvalue weighted by Gasteiger charge is -2.11. The number of nitrogens with one attached hydrogen (secondary N) is 1. The maximum Gasteiger partial charge on any atom is 0.251 e. The molecule has 0 spiro atoms. The Morgan fingerprint density at radius 1 is 1.00 bits per heavy atom. The van der Waals surface area contributed by atoms with Gasteiger partial charge in [-0.1, -0.05) is 54.1 Å². The predicted molar refractivity (Wildman–Crippen MR) is 97.7 cm³/mol. The standard InChI is InChI=1S/C21H21NO2/c1-15-10-11-18(16(2)14-15)21(23)22-12-13-24-20-9-5-7-17-6-3-4-8-19(17)20/h3-11,14H,12-13H2,1-2H3,(H,22,23). The van der Waals surface area contributed by atoms with Crippen molar-refractivity contribution in [3.05, 3.63) is 77.4 Å². The van der Waals surface area contributed by atoms with Gasteiger partial charge in [0, 0.05) is 10.9 Å². The average Bonchev–Trinajstić information content (AvgIpc) is 2.58. The van der Waals surface area contributed by atoms with Crippen molar-refractivity contribution in [2.24, 2.45) is 0 Å². The van der Waals surface area contributed by atoms with Crippen LogP contribution in [0.4, 0.5) is 0 Å². The molecule has 3 aromatic carbocycles. The van der Waals surface area contributed by atoms with E-state index >= 15 is 0 Å². The first-order valence-corrected chi connectivity index (χ1v) is 8.11. The Hall–Kier alpha value is -2.81. The normalized spacial score (nSPS) is 10.6. The van der Waals surface area contributed by atoms with Gasteiger partial charge >= 0.3 is 0 Å². The summed E-state index contributed by atoms with van der Waals surface area (Å²) in [6, 6.07) is 19.9.